The van der Waals surface area contributed by atoms with Gasteiger partial charge in [-0.1, -0.05) is 23.2 Å². The van der Waals surface area contributed by atoms with Crippen molar-refractivity contribution in [2.24, 2.45) is 0 Å². The highest BCUT2D eigenvalue weighted by molar-refractivity contribution is 6.35. The highest BCUT2D eigenvalue weighted by Gasteiger charge is 2.33. The van der Waals surface area contributed by atoms with Gasteiger partial charge >= 0.3 is 5.97 Å². The zero-order chi connectivity index (χ0) is 18.4. The largest absolute Gasteiger partial charge is 0.481 e. The summed E-state index contributed by atoms with van der Waals surface area (Å²) in [5.74, 6) is -1.26. The fourth-order valence-electron chi connectivity index (χ4n) is 2.89. The van der Waals surface area contributed by atoms with Crippen LogP contribution in [0.1, 0.15) is 38.5 Å². The van der Waals surface area contributed by atoms with Crippen LogP contribution in [0, 0.1) is 0 Å². The van der Waals surface area contributed by atoms with E-state index in [4.69, 9.17) is 28.3 Å². The summed E-state index contributed by atoms with van der Waals surface area (Å²) in [6, 6.07) is 4.24. The number of likely N-dealkylation sites (tertiary alicyclic amines) is 1. The minimum absolute atomic E-state index is 0.0483. The van der Waals surface area contributed by atoms with Crippen LogP contribution in [0.2, 0.25) is 10.0 Å². The Labute approximate surface area is 156 Å². The third-order valence-electron chi connectivity index (χ3n) is 4.04. The van der Waals surface area contributed by atoms with Crippen LogP contribution >= 0.6 is 23.2 Å². The molecule has 1 heterocycles. The monoisotopic (exact) mass is 386 g/mol. The summed E-state index contributed by atoms with van der Waals surface area (Å²) in [6.45, 7) is 0.534. The molecule has 1 aliphatic rings. The Morgan fingerprint density at radius 1 is 1.12 bits per heavy atom. The van der Waals surface area contributed by atoms with E-state index in [1.165, 1.54) is 0 Å². The van der Waals surface area contributed by atoms with Crippen LogP contribution in [0.3, 0.4) is 0 Å². The molecule has 2 rings (SSSR count). The van der Waals surface area contributed by atoms with Gasteiger partial charge < -0.3 is 15.3 Å². The van der Waals surface area contributed by atoms with Crippen LogP contribution in [0.5, 0.6) is 0 Å². The SMILES string of the molecule is O=C(O)CCCCC(=O)N1CCCC1C(=O)Nc1cc(Cl)cc(Cl)c1. The van der Waals surface area contributed by atoms with Gasteiger partial charge in [-0.05, 0) is 43.9 Å². The van der Waals surface area contributed by atoms with Gasteiger partial charge in [-0.2, -0.15) is 0 Å². The van der Waals surface area contributed by atoms with Crippen molar-refractivity contribution in [3.63, 3.8) is 0 Å². The van der Waals surface area contributed by atoms with E-state index < -0.39 is 12.0 Å². The lowest BCUT2D eigenvalue weighted by Gasteiger charge is -2.24. The topological polar surface area (TPSA) is 86.7 Å². The lowest BCUT2D eigenvalue weighted by atomic mass is 10.1. The molecule has 0 aliphatic carbocycles. The molecule has 6 nitrogen and oxygen atoms in total. The highest BCUT2D eigenvalue weighted by atomic mass is 35.5. The lowest BCUT2D eigenvalue weighted by Crippen LogP contribution is -2.43. The molecule has 1 aromatic rings. The van der Waals surface area contributed by atoms with Gasteiger partial charge in [0.1, 0.15) is 6.04 Å². The van der Waals surface area contributed by atoms with E-state index in [9.17, 15) is 14.4 Å². The number of carboxylic acids is 1. The number of anilines is 1. The third kappa shape index (κ3) is 5.90. The Hall–Kier alpha value is -1.79. The maximum atomic E-state index is 12.5. The Balaban J connectivity index is 1.91. The first kappa shape index (κ1) is 19.5. The first-order valence-corrected chi connectivity index (χ1v) is 8.90. The molecular formula is C17H20Cl2N2O4. The van der Waals surface area contributed by atoms with Crippen molar-refractivity contribution < 1.29 is 19.5 Å². The van der Waals surface area contributed by atoms with Gasteiger partial charge in [0.25, 0.3) is 0 Å². The molecule has 0 radical (unpaired) electrons. The molecule has 1 unspecified atom stereocenters. The highest BCUT2D eigenvalue weighted by Crippen LogP contribution is 2.25. The van der Waals surface area contributed by atoms with Crippen LogP contribution in [-0.2, 0) is 14.4 Å². The number of halogens is 2. The molecular weight excluding hydrogens is 367 g/mol. The molecule has 1 aliphatic heterocycles. The summed E-state index contributed by atoms with van der Waals surface area (Å²) in [6.07, 6.45) is 2.61. The molecule has 1 atom stereocenters. The summed E-state index contributed by atoms with van der Waals surface area (Å²) in [7, 11) is 0. The number of unbranched alkanes of at least 4 members (excludes halogenated alkanes) is 1. The van der Waals surface area contributed by atoms with Crippen molar-refractivity contribution in [1.82, 2.24) is 4.90 Å². The number of benzene rings is 1. The number of amides is 2. The minimum atomic E-state index is -0.869. The number of nitrogens with zero attached hydrogens (tertiary/aromatic N) is 1. The van der Waals surface area contributed by atoms with E-state index in [0.717, 1.165) is 6.42 Å². The second kappa shape index (κ2) is 9.06. The number of hydrogen-bond donors (Lipinski definition) is 2. The van der Waals surface area contributed by atoms with Gasteiger partial charge in [-0.3, -0.25) is 14.4 Å². The summed E-state index contributed by atoms with van der Waals surface area (Å²) >= 11 is 11.8. The molecule has 0 bridgehead atoms. The fourth-order valence-corrected chi connectivity index (χ4v) is 3.41. The third-order valence-corrected chi connectivity index (χ3v) is 4.47. The first-order valence-electron chi connectivity index (χ1n) is 8.15. The van der Waals surface area contributed by atoms with E-state index in [2.05, 4.69) is 5.32 Å². The first-order chi connectivity index (χ1) is 11.9. The number of rotatable bonds is 7. The summed E-state index contributed by atoms with van der Waals surface area (Å²) in [5, 5.41) is 12.2. The number of aliphatic carboxylic acids is 1. The van der Waals surface area contributed by atoms with E-state index in [-0.39, 0.29) is 24.7 Å². The van der Waals surface area contributed by atoms with Crippen molar-refractivity contribution in [1.29, 1.82) is 0 Å². The standard InChI is InChI=1S/C17H20Cl2N2O4/c18-11-8-12(19)10-13(9-11)20-17(25)14-4-3-7-21(14)15(22)5-1-2-6-16(23)24/h8-10,14H,1-7H2,(H,20,25)(H,23,24). The molecule has 0 aromatic heterocycles. The molecule has 2 N–H and O–H groups in total. The van der Waals surface area contributed by atoms with Gasteiger partial charge in [0.2, 0.25) is 11.8 Å². The number of carboxylic acid groups (broad SMARTS) is 1. The molecule has 136 valence electrons. The Morgan fingerprint density at radius 3 is 2.40 bits per heavy atom. The molecule has 0 saturated carbocycles. The van der Waals surface area contributed by atoms with Crippen molar-refractivity contribution >= 4 is 46.7 Å². The second-order valence-corrected chi connectivity index (χ2v) is 6.87. The quantitative estimate of drug-likeness (QED) is 0.701. The summed E-state index contributed by atoms with van der Waals surface area (Å²) in [5.41, 5.74) is 0.489. The molecule has 25 heavy (non-hydrogen) atoms. The van der Waals surface area contributed by atoms with Gasteiger partial charge in [-0.15, -0.1) is 0 Å². The smallest absolute Gasteiger partial charge is 0.303 e. The Morgan fingerprint density at radius 2 is 1.76 bits per heavy atom. The summed E-state index contributed by atoms with van der Waals surface area (Å²) in [4.78, 5) is 36.9. The van der Waals surface area contributed by atoms with Crippen molar-refractivity contribution in [2.45, 2.75) is 44.6 Å². The average Bonchev–Trinajstić information content (AvgIpc) is 2.99. The Kier molecular flexibility index (Phi) is 7.08. The number of nitrogens with one attached hydrogen (secondary N) is 1. The molecule has 0 spiro atoms. The van der Waals surface area contributed by atoms with Gasteiger partial charge in [-0.25, -0.2) is 0 Å². The zero-order valence-corrected chi connectivity index (χ0v) is 15.1. The van der Waals surface area contributed by atoms with Gasteiger partial charge in [0.05, 0.1) is 0 Å². The minimum Gasteiger partial charge on any atom is -0.481 e. The molecule has 1 fully saturated rings. The average molecular weight is 387 g/mol. The zero-order valence-electron chi connectivity index (χ0n) is 13.6. The van der Waals surface area contributed by atoms with E-state index in [0.29, 0.717) is 41.5 Å². The number of carbonyl (C=O) groups excluding carboxylic acids is 2. The molecule has 1 saturated heterocycles. The van der Waals surface area contributed by atoms with E-state index in [1.54, 1.807) is 23.1 Å². The van der Waals surface area contributed by atoms with Gasteiger partial charge in [0.15, 0.2) is 0 Å². The Bertz CT molecular complexity index is 646. The van der Waals surface area contributed by atoms with Crippen LogP contribution in [0.15, 0.2) is 18.2 Å². The maximum absolute atomic E-state index is 12.5. The summed E-state index contributed by atoms with van der Waals surface area (Å²) < 4.78 is 0. The van der Waals surface area contributed by atoms with E-state index in [1.807, 2.05) is 0 Å². The van der Waals surface area contributed by atoms with E-state index >= 15 is 0 Å². The molecule has 8 heteroatoms. The predicted molar refractivity (Wildman–Crippen MR) is 95.9 cm³/mol. The van der Waals surface area contributed by atoms with Crippen LogP contribution in [0.25, 0.3) is 0 Å². The maximum Gasteiger partial charge on any atom is 0.303 e. The lowest BCUT2D eigenvalue weighted by molar-refractivity contribution is -0.138. The number of carbonyl (C=O) groups is 3. The molecule has 2 amide bonds. The molecule has 1 aromatic carbocycles. The second-order valence-electron chi connectivity index (χ2n) is 5.99. The van der Waals surface area contributed by atoms with Crippen LogP contribution in [-0.4, -0.2) is 40.4 Å². The predicted octanol–water partition coefficient (Wildman–Crippen LogP) is 3.57. The van der Waals surface area contributed by atoms with Crippen molar-refractivity contribution in [3.05, 3.63) is 28.2 Å². The number of hydrogen-bond acceptors (Lipinski definition) is 3. The van der Waals surface area contributed by atoms with Crippen molar-refractivity contribution in [2.75, 3.05) is 11.9 Å². The normalized spacial score (nSPS) is 16.7. The van der Waals surface area contributed by atoms with Crippen LogP contribution < -0.4 is 5.32 Å². The van der Waals surface area contributed by atoms with Gasteiger partial charge in [0, 0.05) is 35.1 Å². The van der Waals surface area contributed by atoms with Crippen molar-refractivity contribution in [3.8, 4) is 0 Å². The van der Waals surface area contributed by atoms with Crippen LogP contribution in [0.4, 0.5) is 5.69 Å². The fraction of sp³-hybridized carbons (Fsp3) is 0.471.